The third kappa shape index (κ3) is 3.60. The van der Waals surface area contributed by atoms with Crippen molar-refractivity contribution in [2.75, 3.05) is 13.7 Å². The molecule has 2 saturated heterocycles. The quantitative estimate of drug-likeness (QED) is 0.868. The molecule has 2 amide bonds. The number of benzene rings is 1. The number of carboxylic acids is 1. The first-order chi connectivity index (χ1) is 12.0. The average molecular weight is 346 g/mol. The van der Waals surface area contributed by atoms with E-state index in [1.807, 2.05) is 0 Å². The fourth-order valence-electron chi connectivity index (χ4n) is 3.89. The molecule has 1 aliphatic carbocycles. The smallest absolute Gasteiger partial charge is 0.409 e. The second-order valence-corrected chi connectivity index (χ2v) is 6.70. The van der Waals surface area contributed by atoms with Crippen LogP contribution in [0.1, 0.15) is 35.2 Å². The molecular weight excluding hydrogens is 324 g/mol. The maximum absolute atomic E-state index is 12.6. The molecule has 2 N–H and O–H groups in total. The molecule has 2 aliphatic heterocycles. The summed E-state index contributed by atoms with van der Waals surface area (Å²) in [7, 11) is 1.36. The first-order valence-corrected chi connectivity index (χ1v) is 8.44. The molecule has 4 rings (SSSR count). The minimum Gasteiger partial charge on any atom is -0.478 e. The number of nitrogens with one attached hydrogen (secondary N) is 1. The number of amides is 2. The van der Waals surface area contributed by atoms with Crippen molar-refractivity contribution in [3.8, 4) is 0 Å². The summed E-state index contributed by atoms with van der Waals surface area (Å²) in [6.45, 7) is 1.00. The Hall–Kier alpha value is -2.57. The Bertz CT molecular complexity index is 673. The first kappa shape index (κ1) is 17.3. The van der Waals surface area contributed by atoms with E-state index in [2.05, 4.69) is 5.32 Å². The molecule has 0 spiro atoms. The van der Waals surface area contributed by atoms with Gasteiger partial charge in [-0.05, 0) is 42.9 Å². The van der Waals surface area contributed by atoms with Crippen LogP contribution in [-0.2, 0) is 16.1 Å². The molecule has 7 nitrogen and oxygen atoms in total. The third-order valence-corrected chi connectivity index (χ3v) is 5.19. The number of carbonyl (C=O) groups is 3. The lowest BCUT2D eigenvalue weighted by Gasteiger charge is -2.48. The molecule has 25 heavy (non-hydrogen) atoms. The zero-order chi connectivity index (χ0) is 18.0. The summed E-state index contributed by atoms with van der Waals surface area (Å²) in [5.41, 5.74) is 1.05. The Morgan fingerprint density at radius 1 is 1.24 bits per heavy atom. The zero-order valence-corrected chi connectivity index (χ0v) is 14.1. The van der Waals surface area contributed by atoms with Crippen LogP contribution in [0.4, 0.5) is 4.79 Å². The molecule has 3 unspecified atom stereocenters. The van der Waals surface area contributed by atoms with Crippen molar-refractivity contribution in [3.63, 3.8) is 0 Å². The van der Waals surface area contributed by atoms with E-state index in [0.717, 1.165) is 24.8 Å². The number of ether oxygens (including phenoxy) is 1. The number of nitrogens with zero attached hydrogens (tertiary/aromatic N) is 1. The van der Waals surface area contributed by atoms with Crippen LogP contribution >= 0.6 is 0 Å². The number of carboxylic acid groups (broad SMARTS) is 1. The number of methoxy groups -OCH3 is 1. The van der Waals surface area contributed by atoms with Crippen LogP contribution in [0.2, 0.25) is 0 Å². The van der Waals surface area contributed by atoms with Gasteiger partial charge in [0.1, 0.15) is 0 Å². The Morgan fingerprint density at radius 2 is 1.96 bits per heavy atom. The Kier molecular flexibility index (Phi) is 4.92. The van der Waals surface area contributed by atoms with Crippen LogP contribution in [0.15, 0.2) is 24.3 Å². The molecule has 7 heteroatoms. The van der Waals surface area contributed by atoms with Gasteiger partial charge in [0.2, 0.25) is 5.91 Å². The predicted molar refractivity (Wildman–Crippen MR) is 89.0 cm³/mol. The van der Waals surface area contributed by atoms with Crippen molar-refractivity contribution < 1.29 is 24.2 Å². The van der Waals surface area contributed by atoms with E-state index in [0.29, 0.717) is 19.0 Å². The molecule has 1 aromatic carbocycles. The van der Waals surface area contributed by atoms with Crippen molar-refractivity contribution in [1.29, 1.82) is 0 Å². The Labute approximate surface area is 146 Å². The number of aromatic carboxylic acids is 1. The lowest BCUT2D eigenvalue weighted by atomic mass is 9.72. The van der Waals surface area contributed by atoms with Gasteiger partial charge in [0.15, 0.2) is 0 Å². The maximum Gasteiger partial charge on any atom is 0.409 e. The summed E-state index contributed by atoms with van der Waals surface area (Å²) in [4.78, 5) is 37.1. The van der Waals surface area contributed by atoms with Crippen LogP contribution in [0.5, 0.6) is 0 Å². The summed E-state index contributed by atoms with van der Waals surface area (Å²) in [5.74, 6) is -0.915. The lowest BCUT2D eigenvalue weighted by Crippen LogP contribution is -2.58. The van der Waals surface area contributed by atoms with E-state index in [4.69, 9.17) is 9.84 Å². The molecule has 1 aromatic rings. The van der Waals surface area contributed by atoms with Crippen LogP contribution < -0.4 is 5.32 Å². The second-order valence-electron chi connectivity index (χ2n) is 6.70. The van der Waals surface area contributed by atoms with Crippen molar-refractivity contribution in [2.45, 2.75) is 31.8 Å². The van der Waals surface area contributed by atoms with E-state index in [-0.39, 0.29) is 29.5 Å². The van der Waals surface area contributed by atoms with Gasteiger partial charge in [0.05, 0.1) is 18.6 Å². The van der Waals surface area contributed by atoms with Gasteiger partial charge >= 0.3 is 12.1 Å². The van der Waals surface area contributed by atoms with Crippen molar-refractivity contribution in [1.82, 2.24) is 10.2 Å². The molecule has 1 saturated carbocycles. The van der Waals surface area contributed by atoms with E-state index in [1.165, 1.54) is 19.2 Å². The summed E-state index contributed by atoms with van der Waals surface area (Å²) in [6.07, 6.45) is 2.29. The second kappa shape index (κ2) is 7.13. The molecule has 0 aromatic heterocycles. The predicted octanol–water partition coefficient (Wildman–Crippen LogP) is 1.87. The first-order valence-electron chi connectivity index (χ1n) is 8.44. The molecule has 3 aliphatic rings. The van der Waals surface area contributed by atoms with E-state index in [1.54, 1.807) is 17.0 Å². The van der Waals surface area contributed by atoms with Gasteiger partial charge < -0.3 is 20.1 Å². The van der Waals surface area contributed by atoms with Crippen LogP contribution in [-0.4, -0.2) is 47.7 Å². The summed E-state index contributed by atoms with van der Waals surface area (Å²) in [6, 6.07) is 6.32. The molecule has 3 atom stereocenters. The average Bonchev–Trinajstić information content (AvgIpc) is 2.65. The molecule has 134 valence electrons. The Morgan fingerprint density at radius 3 is 2.56 bits per heavy atom. The van der Waals surface area contributed by atoms with Crippen LogP contribution in [0, 0.1) is 11.8 Å². The molecule has 2 heterocycles. The van der Waals surface area contributed by atoms with Gasteiger partial charge in [-0.1, -0.05) is 12.1 Å². The molecule has 2 bridgehead atoms. The maximum atomic E-state index is 12.6. The van der Waals surface area contributed by atoms with Gasteiger partial charge in [0.25, 0.3) is 0 Å². The minimum absolute atomic E-state index is 0.0642. The number of fused-ring (bicyclic) bond motifs is 3. The van der Waals surface area contributed by atoms with Crippen molar-refractivity contribution in [3.05, 3.63) is 35.4 Å². The van der Waals surface area contributed by atoms with Gasteiger partial charge in [0, 0.05) is 19.1 Å². The van der Waals surface area contributed by atoms with E-state index >= 15 is 0 Å². The normalized spacial score (nSPS) is 24.7. The monoisotopic (exact) mass is 346 g/mol. The highest BCUT2D eigenvalue weighted by atomic mass is 16.5. The van der Waals surface area contributed by atoms with Crippen LogP contribution in [0.25, 0.3) is 0 Å². The molecule has 0 radical (unpaired) electrons. The lowest BCUT2D eigenvalue weighted by molar-refractivity contribution is -0.131. The number of hydrogen-bond acceptors (Lipinski definition) is 4. The fourth-order valence-corrected chi connectivity index (χ4v) is 3.89. The van der Waals surface area contributed by atoms with E-state index < -0.39 is 5.97 Å². The molecule has 3 fully saturated rings. The Balaban J connectivity index is 1.61. The number of rotatable bonds is 4. The van der Waals surface area contributed by atoms with Gasteiger partial charge in [-0.15, -0.1) is 0 Å². The SMILES string of the molecule is COC(=O)N1CC2CCC1C(C(=O)NCc1ccc(C(=O)O)cc1)C2. The minimum atomic E-state index is -0.975. The van der Waals surface area contributed by atoms with Crippen molar-refractivity contribution >= 4 is 18.0 Å². The standard InChI is InChI=1S/C18H22N2O5/c1-25-18(24)20-10-12-4-7-15(20)14(8-12)16(21)19-9-11-2-5-13(6-3-11)17(22)23/h2-3,5-6,12,14-15H,4,7-10H2,1H3,(H,19,21)(H,22,23). The van der Waals surface area contributed by atoms with Gasteiger partial charge in [-0.2, -0.15) is 0 Å². The summed E-state index contributed by atoms with van der Waals surface area (Å²) < 4.78 is 4.84. The fraction of sp³-hybridized carbons (Fsp3) is 0.500. The van der Waals surface area contributed by atoms with Crippen molar-refractivity contribution in [2.24, 2.45) is 11.8 Å². The van der Waals surface area contributed by atoms with Crippen LogP contribution in [0.3, 0.4) is 0 Å². The number of carbonyl (C=O) groups excluding carboxylic acids is 2. The van der Waals surface area contributed by atoms with Gasteiger partial charge in [-0.25, -0.2) is 9.59 Å². The summed E-state index contributed by atoms with van der Waals surface area (Å²) >= 11 is 0. The van der Waals surface area contributed by atoms with E-state index in [9.17, 15) is 14.4 Å². The largest absolute Gasteiger partial charge is 0.478 e. The zero-order valence-electron chi connectivity index (χ0n) is 14.1. The highest BCUT2D eigenvalue weighted by Gasteiger charge is 2.46. The topological polar surface area (TPSA) is 95.9 Å². The summed E-state index contributed by atoms with van der Waals surface area (Å²) in [5, 5.41) is 11.8. The highest BCUT2D eigenvalue weighted by Crippen LogP contribution is 2.39. The third-order valence-electron chi connectivity index (χ3n) is 5.19. The highest BCUT2D eigenvalue weighted by molar-refractivity contribution is 5.87. The molecular formula is C18H22N2O5. The van der Waals surface area contributed by atoms with Gasteiger partial charge in [-0.3, -0.25) is 4.79 Å². The number of piperidine rings is 2. The number of hydrogen-bond donors (Lipinski definition) is 2.